The molecule has 4 rings (SSSR count). The molecule has 10 heteroatoms. The Morgan fingerprint density at radius 2 is 2.16 bits per heavy atom. The Hall–Kier alpha value is -3.30. The first kappa shape index (κ1) is 21.0. The van der Waals surface area contributed by atoms with Crippen LogP contribution in [0.25, 0.3) is 11.4 Å². The van der Waals surface area contributed by atoms with Crippen LogP contribution in [-0.2, 0) is 11.3 Å². The van der Waals surface area contributed by atoms with Gasteiger partial charge in [-0.05, 0) is 42.5 Å². The lowest BCUT2D eigenvalue weighted by atomic mass is 10.2. The number of nitrogens with one attached hydrogen (secondary N) is 1. The Balaban J connectivity index is 1.49. The average molecular weight is 456 g/mol. The highest BCUT2D eigenvalue weighted by atomic mass is 35.5. The first-order chi connectivity index (χ1) is 15.1. The number of carbonyl (C=O) groups excluding carboxylic acids is 1. The first-order valence-corrected chi connectivity index (χ1v) is 10.6. The molecule has 0 fully saturated rings. The fourth-order valence-corrected chi connectivity index (χ4v) is 3.87. The minimum Gasteiger partial charge on any atom is -0.495 e. The number of aromatic nitrogens is 4. The molecule has 0 atom stereocenters. The first-order valence-electron chi connectivity index (χ1n) is 9.26. The summed E-state index contributed by atoms with van der Waals surface area (Å²) in [7, 11) is 1.54. The standard InChI is InChI=1S/C21H18ClN5O3S/c1-29-18-7-6-15(10-17(18)22)24-19(28)13-31-21-26-25-20(14-4-2-8-23-11-14)27(21)12-16-5-3-9-30-16/h2-11H,12-13H2,1H3,(H,24,28). The molecule has 1 amide bonds. The number of amides is 1. The predicted molar refractivity (Wildman–Crippen MR) is 118 cm³/mol. The number of anilines is 1. The summed E-state index contributed by atoms with van der Waals surface area (Å²) in [5.41, 5.74) is 1.41. The number of pyridine rings is 1. The van der Waals surface area contributed by atoms with Gasteiger partial charge in [0.15, 0.2) is 11.0 Å². The lowest BCUT2D eigenvalue weighted by Crippen LogP contribution is -2.15. The topological polar surface area (TPSA) is 95.1 Å². The molecule has 0 aliphatic rings. The third-order valence-electron chi connectivity index (χ3n) is 4.30. The number of methoxy groups -OCH3 is 1. The molecule has 1 N–H and O–H groups in total. The second-order valence-corrected chi connectivity index (χ2v) is 7.75. The van der Waals surface area contributed by atoms with Gasteiger partial charge in [-0.1, -0.05) is 23.4 Å². The Morgan fingerprint density at radius 1 is 1.26 bits per heavy atom. The smallest absolute Gasteiger partial charge is 0.234 e. The molecule has 158 valence electrons. The molecule has 0 bridgehead atoms. The molecule has 4 aromatic rings. The molecular formula is C21H18ClN5O3S. The van der Waals surface area contributed by atoms with Gasteiger partial charge in [0.2, 0.25) is 5.91 Å². The van der Waals surface area contributed by atoms with E-state index in [1.807, 2.05) is 28.8 Å². The molecular weight excluding hydrogens is 438 g/mol. The molecule has 0 aliphatic carbocycles. The zero-order valence-corrected chi connectivity index (χ0v) is 18.1. The second-order valence-electron chi connectivity index (χ2n) is 6.40. The molecule has 0 unspecified atom stereocenters. The van der Waals surface area contributed by atoms with Gasteiger partial charge in [-0.3, -0.25) is 14.3 Å². The number of benzene rings is 1. The van der Waals surface area contributed by atoms with E-state index in [4.69, 9.17) is 20.8 Å². The number of furan rings is 1. The monoisotopic (exact) mass is 455 g/mol. The van der Waals surface area contributed by atoms with Gasteiger partial charge in [-0.25, -0.2) is 0 Å². The molecule has 8 nitrogen and oxygen atoms in total. The van der Waals surface area contributed by atoms with Gasteiger partial charge in [-0.2, -0.15) is 0 Å². The van der Waals surface area contributed by atoms with E-state index in [9.17, 15) is 4.79 Å². The summed E-state index contributed by atoms with van der Waals surface area (Å²) in [5, 5.41) is 12.4. The number of ether oxygens (including phenoxy) is 1. The minimum atomic E-state index is -0.193. The van der Waals surface area contributed by atoms with E-state index in [-0.39, 0.29) is 11.7 Å². The summed E-state index contributed by atoms with van der Waals surface area (Å²) in [6.07, 6.45) is 5.03. The van der Waals surface area contributed by atoms with Crippen LogP contribution in [0.1, 0.15) is 5.76 Å². The molecule has 31 heavy (non-hydrogen) atoms. The van der Waals surface area contributed by atoms with Crippen molar-refractivity contribution >= 4 is 35.0 Å². The summed E-state index contributed by atoms with van der Waals surface area (Å²) < 4.78 is 12.5. The summed E-state index contributed by atoms with van der Waals surface area (Å²) in [5.74, 6) is 1.90. The van der Waals surface area contributed by atoms with Crippen LogP contribution in [0.2, 0.25) is 5.02 Å². The van der Waals surface area contributed by atoms with Crippen molar-refractivity contribution in [2.24, 2.45) is 0 Å². The van der Waals surface area contributed by atoms with Gasteiger partial charge >= 0.3 is 0 Å². The maximum atomic E-state index is 12.5. The normalized spacial score (nSPS) is 10.8. The molecule has 0 radical (unpaired) electrons. The van der Waals surface area contributed by atoms with Gasteiger partial charge < -0.3 is 14.5 Å². The van der Waals surface area contributed by atoms with Crippen molar-refractivity contribution in [2.45, 2.75) is 11.7 Å². The lowest BCUT2D eigenvalue weighted by molar-refractivity contribution is -0.113. The van der Waals surface area contributed by atoms with Crippen LogP contribution in [0.5, 0.6) is 5.75 Å². The van der Waals surface area contributed by atoms with Crippen LogP contribution in [0.4, 0.5) is 5.69 Å². The fraction of sp³-hybridized carbons (Fsp3) is 0.143. The summed E-state index contributed by atoms with van der Waals surface area (Å²) in [4.78, 5) is 16.6. The van der Waals surface area contributed by atoms with Crippen molar-refractivity contribution in [2.75, 3.05) is 18.2 Å². The number of rotatable bonds is 8. The summed E-state index contributed by atoms with van der Waals surface area (Å²) in [6.45, 7) is 0.433. The Morgan fingerprint density at radius 3 is 2.87 bits per heavy atom. The highest BCUT2D eigenvalue weighted by Gasteiger charge is 2.17. The average Bonchev–Trinajstić information content (AvgIpc) is 3.43. The Kier molecular flexibility index (Phi) is 6.54. The molecule has 0 saturated heterocycles. The van der Waals surface area contributed by atoms with Gasteiger partial charge in [0, 0.05) is 23.6 Å². The van der Waals surface area contributed by atoms with Crippen molar-refractivity contribution in [3.05, 3.63) is 71.9 Å². The quantitative estimate of drug-likeness (QED) is 0.394. The number of hydrogen-bond donors (Lipinski definition) is 1. The van der Waals surface area contributed by atoms with Crippen molar-refractivity contribution in [1.82, 2.24) is 19.7 Å². The van der Waals surface area contributed by atoms with Crippen LogP contribution < -0.4 is 10.1 Å². The van der Waals surface area contributed by atoms with Crippen LogP contribution in [0.3, 0.4) is 0 Å². The van der Waals surface area contributed by atoms with Gasteiger partial charge in [0.1, 0.15) is 11.5 Å². The second kappa shape index (κ2) is 9.67. The van der Waals surface area contributed by atoms with Crippen molar-refractivity contribution in [1.29, 1.82) is 0 Å². The SMILES string of the molecule is COc1ccc(NC(=O)CSc2nnc(-c3cccnc3)n2Cc2ccco2)cc1Cl. The predicted octanol–water partition coefficient (Wildman–Crippen LogP) is 4.37. The molecule has 0 saturated carbocycles. The largest absolute Gasteiger partial charge is 0.495 e. The van der Waals surface area contributed by atoms with E-state index in [1.54, 1.807) is 36.9 Å². The number of hydrogen-bond acceptors (Lipinski definition) is 7. The maximum absolute atomic E-state index is 12.5. The zero-order chi connectivity index (χ0) is 21.6. The van der Waals surface area contributed by atoms with Crippen LogP contribution in [0.15, 0.2) is 70.7 Å². The van der Waals surface area contributed by atoms with Crippen molar-refractivity contribution in [3.8, 4) is 17.1 Å². The van der Waals surface area contributed by atoms with E-state index in [0.29, 0.717) is 34.0 Å². The van der Waals surface area contributed by atoms with Crippen molar-refractivity contribution in [3.63, 3.8) is 0 Å². The summed E-state index contributed by atoms with van der Waals surface area (Å²) in [6, 6.07) is 12.5. The molecule has 0 aliphatic heterocycles. The van der Waals surface area contributed by atoms with Crippen molar-refractivity contribution < 1.29 is 13.9 Å². The zero-order valence-electron chi connectivity index (χ0n) is 16.5. The van der Waals surface area contributed by atoms with Crippen LogP contribution in [-0.4, -0.2) is 38.5 Å². The Bertz CT molecular complexity index is 1170. The van der Waals surface area contributed by atoms with E-state index in [0.717, 1.165) is 11.3 Å². The number of carbonyl (C=O) groups is 1. The Labute approximate surface area is 187 Å². The van der Waals surface area contributed by atoms with Crippen LogP contribution >= 0.6 is 23.4 Å². The molecule has 1 aromatic carbocycles. The molecule has 0 spiro atoms. The van der Waals surface area contributed by atoms with Crippen LogP contribution in [0, 0.1) is 0 Å². The highest BCUT2D eigenvalue weighted by molar-refractivity contribution is 7.99. The third-order valence-corrected chi connectivity index (χ3v) is 5.56. The van der Waals surface area contributed by atoms with Gasteiger partial charge in [0.25, 0.3) is 0 Å². The van der Waals surface area contributed by atoms with E-state index in [2.05, 4.69) is 20.5 Å². The molecule has 3 aromatic heterocycles. The van der Waals surface area contributed by atoms with E-state index in [1.165, 1.54) is 18.9 Å². The number of thioether (sulfide) groups is 1. The number of halogens is 1. The number of nitrogens with zero attached hydrogens (tertiary/aromatic N) is 4. The highest BCUT2D eigenvalue weighted by Crippen LogP contribution is 2.28. The van der Waals surface area contributed by atoms with Gasteiger partial charge in [0.05, 0.1) is 30.7 Å². The van der Waals surface area contributed by atoms with E-state index >= 15 is 0 Å². The summed E-state index contributed by atoms with van der Waals surface area (Å²) >= 11 is 7.40. The maximum Gasteiger partial charge on any atom is 0.234 e. The molecule has 3 heterocycles. The third kappa shape index (κ3) is 5.07. The van der Waals surface area contributed by atoms with Gasteiger partial charge in [-0.15, -0.1) is 10.2 Å². The lowest BCUT2D eigenvalue weighted by Gasteiger charge is -2.10. The minimum absolute atomic E-state index is 0.146. The fourth-order valence-electron chi connectivity index (χ4n) is 2.88. The van der Waals surface area contributed by atoms with E-state index < -0.39 is 0 Å².